The zero-order chi connectivity index (χ0) is 19.3. The fraction of sp³-hybridized carbons (Fsp3) is 0.500. The van der Waals surface area contributed by atoms with Crippen molar-refractivity contribution in [2.45, 2.75) is 44.6 Å². The molecule has 1 amide bonds. The summed E-state index contributed by atoms with van der Waals surface area (Å²) < 4.78 is 11.7. The number of carbonyl (C=O) groups is 1. The molecule has 27 heavy (non-hydrogen) atoms. The first-order chi connectivity index (χ1) is 13.1. The summed E-state index contributed by atoms with van der Waals surface area (Å²) in [7, 11) is 1.73. The van der Waals surface area contributed by atoms with Gasteiger partial charge in [-0.25, -0.2) is 0 Å². The fourth-order valence-electron chi connectivity index (χ4n) is 3.98. The van der Waals surface area contributed by atoms with Gasteiger partial charge in [-0.1, -0.05) is 38.1 Å². The van der Waals surface area contributed by atoms with Gasteiger partial charge in [-0.05, 0) is 42.7 Å². The van der Waals surface area contributed by atoms with Gasteiger partial charge in [-0.2, -0.15) is 0 Å². The standard InChI is InChI=1S/C22H29NO3S/c1-16(2)19-15-22(11-13-26-19,17-7-4-5-8-18(17)25-3)10-12-23-21(24)20-9-6-14-27-20/h4-9,14,16,19H,10-13,15H2,1-3H3,(H,23,24). The van der Waals surface area contributed by atoms with Crippen LogP contribution >= 0.6 is 11.3 Å². The van der Waals surface area contributed by atoms with E-state index in [1.54, 1.807) is 7.11 Å². The maximum absolute atomic E-state index is 12.3. The van der Waals surface area contributed by atoms with Crippen molar-refractivity contribution in [2.24, 2.45) is 5.92 Å². The number of hydrogen-bond donors (Lipinski definition) is 1. The Morgan fingerprint density at radius 2 is 2.15 bits per heavy atom. The third-order valence-electron chi connectivity index (χ3n) is 5.56. The van der Waals surface area contributed by atoms with Crippen molar-refractivity contribution in [3.05, 3.63) is 52.2 Å². The fourth-order valence-corrected chi connectivity index (χ4v) is 4.62. The van der Waals surface area contributed by atoms with Gasteiger partial charge in [0.1, 0.15) is 5.75 Å². The van der Waals surface area contributed by atoms with Crippen molar-refractivity contribution >= 4 is 17.2 Å². The summed E-state index contributed by atoms with van der Waals surface area (Å²) in [6.45, 7) is 5.79. The van der Waals surface area contributed by atoms with Crippen LogP contribution in [0.3, 0.4) is 0 Å². The highest BCUT2D eigenvalue weighted by atomic mass is 32.1. The minimum Gasteiger partial charge on any atom is -0.496 e. The predicted octanol–water partition coefficient (Wildman–Crippen LogP) is 4.65. The molecular formula is C22H29NO3S. The van der Waals surface area contributed by atoms with E-state index in [1.807, 2.05) is 29.6 Å². The molecule has 2 unspecified atom stereocenters. The summed E-state index contributed by atoms with van der Waals surface area (Å²) >= 11 is 1.47. The van der Waals surface area contributed by atoms with E-state index in [9.17, 15) is 4.79 Å². The number of rotatable bonds is 7. The molecule has 1 aromatic heterocycles. The Balaban J connectivity index is 1.80. The summed E-state index contributed by atoms with van der Waals surface area (Å²) in [6.07, 6.45) is 2.97. The lowest BCUT2D eigenvalue weighted by atomic mass is 9.68. The van der Waals surface area contributed by atoms with Crippen LogP contribution in [0.4, 0.5) is 0 Å². The van der Waals surface area contributed by atoms with Crippen molar-refractivity contribution in [2.75, 3.05) is 20.3 Å². The van der Waals surface area contributed by atoms with E-state index in [0.717, 1.165) is 36.5 Å². The van der Waals surface area contributed by atoms with Gasteiger partial charge in [0, 0.05) is 24.1 Å². The van der Waals surface area contributed by atoms with Crippen LogP contribution in [0.25, 0.3) is 0 Å². The van der Waals surface area contributed by atoms with Gasteiger partial charge in [0.2, 0.25) is 0 Å². The number of nitrogens with one attached hydrogen (secondary N) is 1. The number of amides is 1. The number of benzene rings is 1. The Morgan fingerprint density at radius 3 is 2.85 bits per heavy atom. The average Bonchev–Trinajstić information content (AvgIpc) is 3.23. The molecule has 2 heterocycles. The maximum Gasteiger partial charge on any atom is 0.261 e. The number of carbonyl (C=O) groups excluding carboxylic acids is 1. The first-order valence-electron chi connectivity index (χ1n) is 9.62. The Kier molecular flexibility index (Phi) is 6.55. The summed E-state index contributed by atoms with van der Waals surface area (Å²) in [5.41, 5.74) is 1.18. The Bertz CT molecular complexity index is 744. The maximum atomic E-state index is 12.3. The lowest BCUT2D eigenvalue weighted by molar-refractivity contribution is -0.0472. The number of thiophene rings is 1. The number of hydrogen-bond acceptors (Lipinski definition) is 4. The molecular weight excluding hydrogens is 358 g/mol. The minimum absolute atomic E-state index is 0.00708. The van der Waals surface area contributed by atoms with Gasteiger partial charge < -0.3 is 14.8 Å². The predicted molar refractivity (Wildman–Crippen MR) is 110 cm³/mol. The van der Waals surface area contributed by atoms with Crippen LogP contribution in [0.1, 0.15) is 48.3 Å². The van der Waals surface area contributed by atoms with Gasteiger partial charge >= 0.3 is 0 Å². The van der Waals surface area contributed by atoms with Crippen molar-refractivity contribution in [3.63, 3.8) is 0 Å². The van der Waals surface area contributed by atoms with E-state index in [4.69, 9.17) is 9.47 Å². The molecule has 4 nitrogen and oxygen atoms in total. The van der Waals surface area contributed by atoms with E-state index in [1.165, 1.54) is 16.9 Å². The molecule has 2 atom stereocenters. The number of methoxy groups -OCH3 is 1. The molecule has 1 saturated heterocycles. The Morgan fingerprint density at radius 1 is 1.33 bits per heavy atom. The molecule has 0 radical (unpaired) electrons. The molecule has 0 aliphatic carbocycles. The first-order valence-corrected chi connectivity index (χ1v) is 10.5. The smallest absolute Gasteiger partial charge is 0.261 e. The summed E-state index contributed by atoms with van der Waals surface area (Å²) in [4.78, 5) is 13.1. The molecule has 1 aliphatic rings. The van der Waals surface area contributed by atoms with Gasteiger partial charge in [-0.15, -0.1) is 11.3 Å². The number of ether oxygens (including phenoxy) is 2. The average molecular weight is 388 g/mol. The molecule has 146 valence electrons. The lowest BCUT2D eigenvalue weighted by Crippen LogP contribution is -2.43. The highest BCUT2D eigenvalue weighted by Crippen LogP contribution is 2.45. The largest absolute Gasteiger partial charge is 0.496 e. The normalized spacial score (nSPS) is 22.6. The highest BCUT2D eigenvalue weighted by Gasteiger charge is 2.40. The first kappa shape index (κ1) is 19.9. The summed E-state index contributed by atoms with van der Waals surface area (Å²) in [5.74, 6) is 1.39. The van der Waals surface area contributed by atoms with Crippen LogP contribution in [-0.4, -0.2) is 32.3 Å². The molecule has 3 rings (SSSR count). The van der Waals surface area contributed by atoms with Crippen molar-refractivity contribution in [3.8, 4) is 5.75 Å². The van der Waals surface area contributed by atoms with Crippen LogP contribution in [0.15, 0.2) is 41.8 Å². The second kappa shape index (κ2) is 8.89. The number of para-hydroxylation sites is 1. The van der Waals surface area contributed by atoms with Crippen LogP contribution in [0.2, 0.25) is 0 Å². The van der Waals surface area contributed by atoms with Crippen LogP contribution < -0.4 is 10.1 Å². The minimum atomic E-state index is -0.0531. The highest BCUT2D eigenvalue weighted by molar-refractivity contribution is 7.12. The molecule has 1 aliphatic heterocycles. The molecule has 0 spiro atoms. The SMILES string of the molecule is COc1ccccc1C1(CCNC(=O)c2cccs2)CCOC(C(C)C)C1. The van der Waals surface area contributed by atoms with E-state index in [2.05, 4.69) is 31.3 Å². The lowest BCUT2D eigenvalue weighted by Gasteiger charge is -2.43. The van der Waals surface area contributed by atoms with E-state index < -0.39 is 0 Å². The van der Waals surface area contributed by atoms with Crippen molar-refractivity contribution < 1.29 is 14.3 Å². The van der Waals surface area contributed by atoms with E-state index in [0.29, 0.717) is 12.5 Å². The quantitative estimate of drug-likeness (QED) is 0.752. The van der Waals surface area contributed by atoms with Crippen LogP contribution in [0.5, 0.6) is 5.75 Å². The summed E-state index contributed by atoms with van der Waals surface area (Å²) in [6, 6.07) is 12.0. The third kappa shape index (κ3) is 4.53. The second-order valence-electron chi connectivity index (χ2n) is 7.57. The Labute approximate surface area is 165 Å². The zero-order valence-electron chi connectivity index (χ0n) is 16.4. The van der Waals surface area contributed by atoms with Crippen LogP contribution in [0, 0.1) is 5.92 Å². The molecule has 5 heteroatoms. The molecule has 0 bridgehead atoms. The topological polar surface area (TPSA) is 47.6 Å². The molecule has 0 saturated carbocycles. The van der Waals surface area contributed by atoms with Gasteiger partial charge in [0.05, 0.1) is 18.1 Å². The molecule has 1 N–H and O–H groups in total. The van der Waals surface area contributed by atoms with Crippen molar-refractivity contribution in [1.29, 1.82) is 0 Å². The van der Waals surface area contributed by atoms with Crippen LogP contribution in [-0.2, 0) is 10.2 Å². The molecule has 1 fully saturated rings. The van der Waals surface area contributed by atoms with Gasteiger partial charge in [0.15, 0.2) is 0 Å². The van der Waals surface area contributed by atoms with E-state index >= 15 is 0 Å². The summed E-state index contributed by atoms with van der Waals surface area (Å²) in [5, 5.41) is 5.03. The second-order valence-corrected chi connectivity index (χ2v) is 8.52. The monoisotopic (exact) mass is 387 g/mol. The zero-order valence-corrected chi connectivity index (χ0v) is 17.2. The third-order valence-corrected chi connectivity index (χ3v) is 6.43. The van der Waals surface area contributed by atoms with Crippen molar-refractivity contribution in [1.82, 2.24) is 5.32 Å². The van der Waals surface area contributed by atoms with E-state index in [-0.39, 0.29) is 17.4 Å². The Hall–Kier alpha value is -1.85. The van der Waals surface area contributed by atoms with Gasteiger partial charge in [-0.3, -0.25) is 4.79 Å². The van der Waals surface area contributed by atoms with Gasteiger partial charge in [0.25, 0.3) is 5.91 Å². The molecule has 2 aromatic rings. The molecule has 1 aromatic carbocycles.